The molecule has 0 saturated carbocycles. The number of nitrogens with zero attached hydrogens (tertiary/aromatic N) is 3. The van der Waals surface area contributed by atoms with E-state index in [4.69, 9.17) is 4.74 Å². The number of aromatic nitrogens is 3. The molecule has 2 rings (SSSR count). The summed E-state index contributed by atoms with van der Waals surface area (Å²) in [6, 6.07) is 10.3. The first-order valence-corrected chi connectivity index (χ1v) is 6.40. The van der Waals surface area contributed by atoms with Gasteiger partial charge in [-0.1, -0.05) is 18.2 Å². The Balaban J connectivity index is 2.24. The first kappa shape index (κ1) is 12.6. The van der Waals surface area contributed by atoms with E-state index in [2.05, 4.69) is 20.3 Å². The number of rotatable bonds is 5. The summed E-state index contributed by atoms with van der Waals surface area (Å²) >= 11 is 1.47. The summed E-state index contributed by atoms with van der Waals surface area (Å²) in [5.74, 6) is 0.530. The summed E-state index contributed by atoms with van der Waals surface area (Å²) in [5, 5.41) is 3.67. The summed E-state index contributed by atoms with van der Waals surface area (Å²) in [4.78, 5) is 13.7. The molecule has 0 bridgehead atoms. The lowest BCUT2D eigenvalue weighted by Crippen LogP contribution is -2.05. The maximum absolute atomic E-state index is 5.06. The standard InChI is InChI=1S/C12H14N4OS/c1-3-13-10-14-11(17-2)16-12(15-10)18-9-7-5-4-6-8-9/h4-8H,3H2,1-2H3,(H,13,14,15,16). The molecule has 0 aliphatic heterocycles. The van der Waals surface area contributed by atoms with Crippen LogP contribution in [0, 0.1) is 0 Å². The third-order valence-electron chi connectivity index (χ3n) is 2.06. The van der Waals surface area contributed by atoms with Gasteiger partial charge in [0.05, 0.1) is 7.11 Å². The zero-order valence-corrected chi connectivity index (χ0v) is 11.1. The number of methoxy groups -OCH3 is 1. The maximum atomic E-state index is 5.06. The molecule has 0 fully saturated rings. The van der Waals surface area contributed by atoms with Crippen LogP contribution in [0.3, 0.4) is 0 Å². The van der Waals surface area contributed by atoms with E-state index in [1.165, 1.54) is 11.8 Å². The van der Waals surface area contributed by atoms with Gasteiger partial charge in [-0.2, -0.15) is 15.0 Å². The summed E-state index contributed by atoms with van der Waals surface area (Å²) in [6.07, 6.45) is 0. The third kappa shape index (κ3) is 3.33. The number of benzene rings is 1. The van der Waals surface area contributed by atoms with Crippen molar-refractivity contribution < 1.29 is 4.74 Å². The second-order valence-corrected chi connectivity index (χ2v) is 4.41. The molecule has 0 aliphatic rings. The van der Waals surface area contributed by atoms with Crippen molar-refractivity contribution in [3.63, 3.8) is 0 Å². The fourth-order valence-corrected chi connectivity index (χ4v) is 2.07. The number of ether oxygens (including phenoxy) is 1. The van der Waals surface area contributed by atoms with Gasteiger partial charge < -0.3 is 10.1 Å². The molecule has 0 unspecified atom stereocenters. The van der Waals surface area contributed by atoms with Gasteiger partial charge in [-0.3, -0.25) is 0 Å². The molecule has 94 valence electrons. The quantitative estimate of drug-likeness (QED) is 0.893. The molecule has 0 radical (unpaired) electrons. The molecular formula is C12H14N4OS. The number of anilines is 1. The first-order chi connectivity index (χ1) is 8.81. The largest absolute Gasteiger partial charge is 0.467 e. The molecule has 0 atom stereocenters. The Morgan fingerprint density at radius 2 is 1.94 bits per heavy atom. The van der Waals surface area contributed by atoms with E-state index in [-0.39, 0.29) is 0 Å². The highest BCUT2D eigenvalue weighted by Crippen LogP contribution is 2.25. The van der Waals surface area contributed by atoms with E-state index in [1.807, 2.05) is 37.3 Å². The molecule has 1 aromatic heterocycles. The van der Waals surface area contributed by atoms with E-state index in [0.29, 0.717) is 17.1 Å². The van der Waals surface area contributed by atoms with Gasteiger partial charge in [0.15, 0.2) is 0 Å². The Labute approximate surface area is 110 Å². The lowest BCUT2D eigenvalue weighted by Gasteiger charge is -2.06. The molecule has 1 heterocycles. The fraction of sp³-hybridized carbons (Fsp3) is 0.250. The van der Waals surface area contributed by atoms with Crippen LogP contribution in [0.1, 0.15) is 6.92 Å². The molecule has 5 nitrogen and oxygen atoms in total. The summed E-state index contributed by atoms with van der Waals surface area (Å²) in [6.45, 7) is 2.74. The third-order valence-corrected chi connectivity index (χ3v) is 2.94. The van der Waals surface area contributed by atoms with Crippen LogP contribution in [-0.2, 0) is 0 Å². The molecule has 1 N–H and O–H groups in total. The maximum Gasteiger partial charge on any atom is 0.321 e. The molecule has 6 heteroatoms. The van der Waals surface area contributed by atoms with Crippen molar-refractivity contribution in [1.29, 1.82) is 0 Å². The lowest BCUT2D eigenvalue weighted by molar-refractivity contribution is 0.373. The van der Waals surface area contributed by atoms with Gasteiger partial charge in [0.2, 0.25) is 11.1 Å². The molecular weight excluding hydrogens is 248 g/mol. The zero-order valence-electron chi connectivity index (χ0n) is 10.3. The minimum atomic E-state index is 0.319. The normalized spacial score (nSPS) is 10.1. The molecule has 2 aromatic rings. The molecule has 18 heavy (non-hydrogen) atoms. The Hall–Kier alpha value is -1.82. The Bertz CT molecular complexity index is 507. The van der Waals surface area contributed by atoms with E-state index in [0.717, 1.165) is 11.4 Å². The molecule has 0 spiro atoms. The molecule has 0 amide bonds. The van der Waals surface area contributed by atoms with E-state index < -0.39 is 0 Å². The van der Waals surface area contributed by atoms with Crippen LogP contribution in [0.4, 0.5) is 5.95 Å². The zero-order chi connectivity index (χ0) is 12.8. The average molecular weight is 262 g/mol. The van der Waals surface area contributed by atoms with Crippen molar-refractivity contribution in [2.24, 2.45) is 0 Å². The first-order valence-electron chi connectivity index (χ1n) is 5.58. The summed E-state index contributed by atoms with van der Waals surface area (Å²) < 4.78 is 5.06. The van der Waals surface area contributed by atoms with E-state index >= 15 is 0 Å². The highest BCUT2D eigenvalue weighted by atomic mass is 32.2. The highest BCUT2D eigenvalue weighted by Gasteiger charge is 2.07. The molecule has 1 aromatic carbocycles. The predicted octanol–water partition coefficient (Wildman–Crippen LogP) is 2.46. The second-order valence-electron chi connectivity index (χ2n) is 3.37. The van der Waals surface area contributed by atoms with Gasteiger partial charge in [-0.25, -0.2) is 0 Å². The van der Waals surface area contributed by atoms with E-state index in [1.54, 1.807) is 7.11 Å². The Morgan fingerprint density at radius 1 is 1.17 bits per heavy atom. The topological polar surface area (TPSA) is 59.9 Å². The summed E-state index contributed by atoms with van der Waals surface area (Å²) in [5.41, 5.74) is 0. The SMILES string of the molecule is CCNc1nc(OC)nc(Sc2ccccc2)n1. The van der Waals surface area contributed by atoms with Crippen molar-refractivity contribution in [2.45, 2.75) is 17.0 Å². The van der Waals surface area contributed by atoms with Gasteiger partial charge in [0, 0.05) is 11.4 Å². The van der Waals surface area contributed by atoms with Crippen molar-refractivity contribution in [3.05, 3.63) is 30.3 Å². The smallest absolute Gasteiger partial charge is 0.321 e. The molecule has 0 aliphatic carbocycles. The van der Waals surface area contributed by atoms with Crippen LogP contribution >= 0.6 is 11.8 Å². The highest BCUT2D eigenvalue weighted by molar-refractivity contribution is 7.99. The van der Waals surface area contributed by atoms with Crippen molar-refractivity contribution in [2.75, 3.05) is 19.0 Å². The van der Waals surface area contributed by atoms with Gasteiger partial charge >= 0.3 is 6.01 Å². The number of hydrogen-bond acceptors (Lipinski definition) is 6. The minimum Gasteiger partial charge on any atom is -0.467 e. The number of nitrogens with one attached hydrogen (secondary N) is 1. The molecule has 0 saturated heterocycles. The van der Waals surface area contributed by atoms with Crippen LogP contribution in [-0.4, -0.2) is 28.6 Å². The van der Waals surface area contributed by atoms with Crippen molar-refractivity contribution in [3.8, 4) is 6.01 Å². The monoisotopic (exact) mass is 262 g/mol. The van der Waals surface area contributed by atoms with Crippen LogP contribution in [0.15, 0.2) is 40.4 Å². The Morgan fingerprint density at radius 3 is 2.61 bits per heavy atom. The van der Waals surface area contributed by atoms with Crippen LogP contribution in [0.2, 0.25) is 0 Å². The van der Waals surface area contributed by atoms with Gasteiger partial charge in [0.1, 0.15) is 0 Å². The minimum absolute atomic E-state index is 0.319. The van der Waals surface area contributed by atoms with E-state index in [9.17, 15) is 0 Å². The van der Waals surface area contributed by atoms with Crippen LogP contribution in [0.5, 0.6) is 6.01 Å². The van der Waals surface area contributed by atoms with Gasteiger partial charge in [0.25, 0.3) is 0 Å². The Kier molecular flexibility index (Phi) is 4.35. The van der Waals surface area contributed by atoms with Gasteiger partial charge in [-0.15, -0.1) is 0 Å². The van der Waals surface area contributed by atoms with Gasteiger partial charge in [-0.05, 0) is 30.8 Å². The predicted molar refractivity (Wildman–Crippen MR) is 71.1 cm³/mol. The van der Waals surface area contributed by atoms with Crippen LogP contribution < -0.4 is 10.1 Å². The summed E-state index contributed by atoms with van der Waals surface area (Å²) in [7, 11) is 1.54. The van der Waals surface area contributed by atoms with Crippen LogP contribution in [0.25, 0.3) is 0 Å². The average Bonchev–Trinajstić information content (AvgIpc) is 2.40. The second kappa shape index (κ2) is 6.20. The number of hydrogen-bond donors (Lipinski definition) is 1. The van der Waals surface area contributed by atoms with Crippen molar-refractivity contribution in [1.82, 2.24) is 15.0 Å². The lowest BCUT2D eigenvalue weighted by atomic mass is 10.4. The fourth-order valence-electron chi connectivity index (χ4n) is 1.31. The van der Waals surface area contributed by atoms with Crippen molar-refractivity contribution >= 4 is 17.7 Å².